The van der Waals surface area contributed by atoms with E-state index in [1.54, 1.807) is 17.1 Å². The summed E-state index contributed by atoms with van der Waals surface area (Å²) in [6.45, 7) is 3.56. The number of hydrogen-bond donors (Lipinski definition) is 0. The van der Waals surface area contributed by atoms with Crippen LogP contribution >= 0.6 is 0 Å². The van der Waals surface area contributed by atoms with Crippen molar-refractivity contribution in [3.05, 3.63) is 53.3 Å². The smallest absolute Gasteiger partial charge is 0.257 e. The molecule has 0 radical (unpaired) electrons. The van der Waals surface area contributed by atoms with E-state index in [4.69, 9.17) is 0 Å². The van der Waals surface area contributed by atoms with Crippen molar-refractivity contribution in [1.82, 2.24) is 19.6 Å². The van der Waals surface area contributed by atoms with Crippen molar-refractivity contribution in [2.45, 2.75) is 25.3 Å². The Balaban J connectivity index is 1.36. The summed E-state index contributed by atoms with van der Waals surface area (Å²) < 4.78 is 1.68. The number of aromatic nitrogens is 2. The second kappa shape index (κ2) is 6.40. The number of benzene rings is 1. The van der Waals surface area contributed by atoms with Gasteiger partial charge < -0.3 is 4.90 Å². The summed E-state index contributed by atoms with van der Waals surface area (Å²) in [5.74, 6) is 0.108. The van der Waals surface area contributed by atoms with Crippen LogP contribution in [-0.2, 0) is 19.9 Å². The fraction of sp³-hybridized carbons (Fsp3) is 0.474. The Morgan fingerprint density at radius 1 is 1.12 bits per heavy atom. The number of fused-ring (bicyclic) bond motifs is 1. The average Bonchev–Trinajstić information content (AvgIpc) is 3.07. The Bertz CT molecular complexity index is 730. The lowest BCUT2D eigenvalue weighted by molar-refractivity contribution is 0.0553. The number of hydrogen-bond acceptors (Lipinski definition) is 3. The lowest BCUT2D eigenvalue weighted by atomic mass is 9.87. The molecule has 1 amide bonds. The molecule has 1 aromatic carbocycles. The number of nitrogens with zero attached hydrogens (tertiary/aromatic N) is 4. The zero-order valence-electron chi connectivity index (χ0n) is 14.2. The third kappa shape index (κ3) is 2.96. The summed E-state index contributed by atoms with van der Waals surface area (Å²) in [6.07, 6.45) is 7.01. The lowest BCUT2D eigenvalue weighted by Crippen LogP contribution is -2.53. The van der Waals surface area contributed by atoms with Crippen molar-refractivity contribution in [3.8, 4) is 0 Å². The van der Waals surface area contributed by atoms with Crippen LogP contribution in [0.4, 0.5) is 0 Å². The second-order valence-corrected chi connectivity index (χ2v) is 6.90. The van der Waals surface area contributed by atoms with E-state index in [9.17, 15) is 4.79 Å². The Labute approximate surface area is 142 Å². The van der Waals surface area contributed by atoms with Gasteiger partial charge in [-0.1, -0.05) is 24.3 Å². The first-order valence-corrected chi connectivity index (χ1v) is 8.79. The summed E-state index contributed by atoms with van der Waals surface area (Å²) in [7, 11) is 1.84. The standard InChI is InChI=1S/C19H24N4O/c1-21-14-17(13-20-21)19(24)23-10-8-22(9-11-23)18-7-6-15-4-2-3-5-16(15)12-18/h2-5,13-14,18H,6-12H2,1H3/t18-/m0/s1. The van der Waals surface area contributed by atoms with Crippen LogP contribution in [0.3, 0.4) is 0 Å². The molecule has 0 saturated carbocycles. The van der Waals surface area contributed by atoms with Crippen molar-refractivity contribution >= 4 is 5.91 Å². The summed E-state index contributed by atoms with van der Waals surface area (Å²) in [5, 5.41) is 4.10. The molecule has 1 aliphatic carbocycles. The van der Waals surface area contributed by atoms with E-state index in [-0.39, 0.29) is 5.91 Å². The monoisotopic (exact) mass is 324 g/mol. The molecule has 1 fully saturated rings. The first-order chi connectivity index (χ1) is 11.7. The van der Waals surface area contributed by atoms with Crippen molar-refractivity contribution in [1.29, 1.82) is 0 Å². The molecule has 5 heteroatoms. The summed E-state index contributed by atoms with van der Waals surface area (Å²) in [4.78, 5) is 17.0. The molecule has 1 aliphatic heterocycles. The Kier molecular flexibility index (Phi) is 4.10. The molecule has 2 aliphatic rings. The van der Waals surface area contributed by atoms with E-state index in [1.807, 2.05) is 11.9 Å². The van der Waals surface area contributed by atoms with Gasteiger partial charge in [-0.3, -0.25) is 14.4 Å². The van der Waals surface area contributed by atoms with Crippen molar-refractivity contribution in [2.75, 3.05) is 26.2 Å². The van der Waals surface area contributed by atoms with Crippen LogP contribution in [0.2, 0.25) is 0 Å². The topological polar surface area (TPSA) is 41.4 Å². The summed E-state index contributed by atoms with van der Waals surface area (Å²) >= 11 is 0. The maximum Gasteiger partial charge on any atom is 0.257 e. The number of piperazine rings is 1. The number of carbonyl (C=O) groups excluding carboxylic acids is 1. The third-order valence-corrected chi connectivity index (χ3v) is 5.39. The van der Waals surface area contributed by atoms with Crippen LogP contribution in [0, 0.1) is 0 Å². The molecule has 0 bridgehead atoms. The van der Waals surface area contributed by atoms with Crippen LogP contribution in [0.5, 0.6) is 0 Å². The fourth-order valence-electron chi connectivity index (χ4n) is 3.99. The third-order valence-electron chi connectivity index (χ3n) is 5.39. The molecule has 0 N–H and O–H groups in total. The van der Waals surface area contributed by atoms with Gasteiger partial charge in [0.25, 0.3) is 5.91 Å². The van der Waals surface area contributed by atoms with E-state index >= 15 is 0 Å². The molecular weight excluding hydrogens is 300 g/mol. The zero-order chi connectivity index (χ0) is 16.5. The minimum atomic E-state index is 0.108. The molecule has 1 atom stereocenters. The minimum Gasteiger partial charge on any atom is -0.336 e. The average molecular weight is 324 g/mol. The molecule has 126 valence electrons. The lowest BCUT2D eigenvalue weighted by Gasteiger charge is -2.41. The molecule has 0 spiro atoms. The summed E-state index contributed by atoms with van der Waals surface area (Å²) in [6, 6.07) is 9.43. The maximum absolute atomic E-state index is 12.5. The maximum atomic E-state index is 12.5. The molecule has 1 aromatic heterocycles. The number of rotatable bonds is 2. The van der Waals surface area contributed by atoms with Crippen molar-refractivity contribution in [2.24, 2.45) is 7.05 Å². The van der Waals surface area contributed by atoms with Gasteiger partial charge in [0.05, 0.1) is 11.8 Å². The Morgan fingerprint density at radius 2 is 1.88 bits per heavy atom. The SMILES string of the molecule is Cn1cc(C(=O)N2CCN([C@H]3CCc4ccccc4C3)CC2)cn1. The van der Waals surface area contributed by atoms with E-state index in [0.29, 0.717) is 11.6 Å². The summed E-state index contributed by atoms with van der Waals surface area (Å²) in [5.41, 5.74) is 3.71. The van der Waals surface area contributed by atoms with Gasteiger partial charge in [0.15, 0.2) is 0 Å². The van der Waals surface area contributed by atoms with E-state index in [0.717, 1.165) is 32.6 Å². The van der Waals surface area contributed by atoms with Crippen LogP contribution < -0.4 is 0 Å². The van der Waals surface area contributed by atoms with Gasteiger partial charge in [0.1, 0.15) is 0 Å². The van der Waals surface area contributed by atoms with Gasteiger partial charge in [0.2, 0.25) is 0 Å². The first-order valence-electron chi connectivity index (χ1n) is 8.79. The zero-order valence-corrected chi connectivity index (χ0v) is 14.2. The van der Waals surface area contributed by atoms with Gasteiger partial charge in [-0.15, -0.1) is 0 Å². The van der Waals surface area contributed by atoms with Crippen molar-refractivity contribution in [3.63, 3.8) is 0 Å². The van der Waals surface area contributed by atoms with E-state index < -0.39 is 0 Å². The molecule has 1 saturated heterocycles. The molecule has 0 unspecified atom stereocenters. The highest BCUT2D eigenvalue weighted by Gasteiger charge is 2.29. The minimum absolute atomic E-state index is 0.108. The Hall–Kier alpha value is -2.14. The normalized spacial score (nSPS) is 21.5. The highest BCUT2D eigenvalue weighted by Crippen LogP contribution is 2.25. The van der Waals surface area contributed by atoms with Crippen LogP contribution in [0.25, 0.3) is 0 Å². The molecule has 4 rings (SSSR count). The van der Waals surface area contributed by atoms with Gasteiger partial charge in [-0.25, -0.2) is 0 Å². The molecular formula is C19H24N4O. The number of amides is 1. The Morgan fingerprint density at radius 3 is 2.58 bits per heavy atom. The van der Waals surface area contributed by atoms with Gasteiger partial charge >= 0.3 is 0 Å². The van der Waals surface area contributed by atoms with E-state index in [2.05, 4.69) is 34.3 Å². The largest absolute Gasteiger partial charge is 0.336 e. The molecule has 5 nitrogen and oxygen atoms in total. The van der Waals surface area contributed by atoms with Gasteiger partial charge in [-0.05, 0) is 30.4 Å². The van der Waals surface area contributed by atoms with Gasteiger partial charge in [-0.2, -0.15) is 5.10 Å². The quantitative estimate of drug-likeness (QED) is 0.845. The van der Waals surface area contributed by atoms with Crippen LogP contribution in [0.15, 0.2) is 36.7 Å². The second-order valence-electron chi connectivity index (χ2n) is 6.90. The first kappa shape index (κ1) is 15.4. The highest BCUT2D eigenvalue weighted by molar-refractivity contribution is 5.93. The predicted molar refractivity (Wildman–Crippen MR) is 92.9 cm³/mol. The molecule has 2 heterocycles. The predicted octanol–water partition coefficient (Wildman–Crippen LogP) is 1.74. The number of aryl methyl sites for hydroxylation is 2. The molecule has 24 heavy (non-hydrogen) atoms. The highest BCUT2D eigenvalue weighted by atomic mass is 16.2. The molecule has 2 aromatic rings. The van der Waals surface area contributed by atoms with E-state index in [1.165, 1.54) is 24.0 Å². The fourth-order valence-corrected chi connectivity index (χ4v) is 3.99. The number of carbonyl (C=O) groups is 1. The van der Waals surface area contributed by atoms with Crippen LogP contribution in [0.1, 0.15) is 27.9 Å². The van der Waals surface area contributed by atoms with Crippen LogP contribution in [-0.4, -0.2) is 57.7 Å². The van der Waals surface area contributed by atoms with Gasteiger partial charge in [0, 0.05) is 45.5 Å². The van der Waals surface area contributed by atoms with Crippen molar-refractivity contribution < 1.29 is 4.79 Å².